The van der Waals surface area contributed by atoms with E-state index in [9.17, 15) is 19.2 Å². The van der Waals surface area contributed by atoms with Crippen LogP contribution in [0.15, 0.2) is 66.9 Å². The number of imide groups is 1. The average Bonchev–Trinajstić information content (AvgIpc) is 3.08. The van der Waals surface area contributed by atoms with E-state index < -0.39 is 23.8 Å². The Hall–Kier alpha value is -4.59. The molecule has 170 valence electrons. The zero-order chi connectivity index (χ0) is 24.2. The Morgan fingerprint density at radius 1 is 0.941 bits per heavy atom. The van der Waals surface area contributed by atoms with Crippen LogP contribution in [0.4, 0.5) is 5.82 Å². The number of pyridine rings is 1. The van der Waals surface area contributed by atoms with E-state index in [4.69, 9.17) is 4.74 Å². The third kappa shape index (κ3) is 4.75. The van der Waals surface area contributed by atoms with Gasteiger partial charge in [-0.1, -0.05) is 36.4 Å². The molecule has 0 radical (unpaired) electrons. The van der Waals surface area contributed by atoms with Crippen molar-refractivity contribution < 1.29 is 23.9 Å². The fraction of sp³-hybridized carbons (Fsp3) is 0.115. The van der Waals surface area contributed by atoms with Crippen LogP contribution in [0.1, 0.15) is 45.7 Å². The van der Waals surface area contributed by atoms with Crippen molar-refractivity contribution in [2.75, 3.05) is 5.32 Å². The lowest BCUT2D eigenvalue weighted by Crippen LogP contribution is -2.44. The molecule has 3 amide bonds. The molecule has 3 aromatic rings. The Kier molecular flexibility index (Phi) is 6.31. The number of hydrogen-bond acceptors (Lipinski definition) is 6. The quantitative estimate of drug-likeness (QED) is 0.344. The zero-order valence-corrected chi connectivity index (χ0v) is 18.5. The second-order valence-electron chi connectivity index (χ2n) is 7.68. The number of carbonyl (C=O) groups is 4. The molecule has 1 aliphatic rings. The van der Waals surface area contributed by atoms with Gasteiger partial charge in [-0.05, 0) is 54.4 Å². The summed E-state index contributed by atoms with van der Waals surface area (Å²) in [6.45, 7) is 2.88. The molecule has 1 N–H and O–H groups in total. The molecule has 1 atom stereocenters. The molecule has 0 fully saturated rings. The minimum atomic E-state index is -1.07. The number of esters is 1. The Morgan fingerprint density at radius 2 is 1.56 bits per heavy atom. The van der Waals surface area contributed by atoms with Crippen molar-refractivity contribution in [1.29, 1.82) is 0 Å². The topological polar surface area (TPSA) is 106 Å². The molecule has 4 rings (SSSR count). The number of hydrogen-bond donors (Lipinski definition) is 1. The van der Waals surface area contributed by atoms with E-state index in [1.54, 1.807) is 66.9 Å². The van der Waals surface area contributed by atoms with Crippen molar-refractivity contribution >= 4 is 41.7 Å². The van der Waals surface area contributed by atoms with E-state index in [2.05, 4.69) is 10.3 Å². The number of carbonyl (C=O) groups excluding carboxylic acids is 4. The van der Waals surface area contributed by atoms with Crippen molar-refractivity contribution in [3.05, 3.63) is 89.1 Å². The molecule has 1 unspecified atom stereocenters. The van der Waals surface area contributed by atoms with Gasteiger partial charge in [0.15, 0.2) is 0 Å². The Labute approximate surface area is 195 Å². The summed E-state index contributed by atoms with van der Waals surface area (Å²) >= 11 is 0. The van der Waals surface area contributed by atoms with E-state index in [0.717, 1.165) is 16.0 Å². The summed E-state index contributed by atoms with van der Waals surface area (Å²) in [7, 11) is 0. The SMILES string of the molecule is CC(=O)Nc1cc(/C=C/c2ccc(OC(=O)C(C)N3C(=O)c4ccccc4C3=O)cc2)ccn1. The number of ether oxygens (including phenoxy) is 1. The highest BCUT2D eigenvalue weighted by Crippen LogP contribution is 2.25. The van der Waals surface area contributed by atoms with E-state index in [0.29, 0.717) is 11.6 Å². The van der Waals surface area contributed by atoms with Crippen LogP contribution in [0.3, 0.4) is 0 Å². The standard InChI is InChI=1S/C26H21N3O5/c1-16(29-24(31)21-5-3-4-6-22(21)25(29)32)26(33)34-20-11-9-18(10-12-20)7-8-19-13-14-27-23(15-19)28-17(2)30/h3-16H,1-2H3,(H,27,28,30)/b8-7+. The molecule has 2 aromatic carbocycles. The highest BCUT2D eigenvalue weighted by Gasteiger charge is 2.41. The van der Waals surface area contributed by atoms with Crippen LogP contribution in [0.25, 0.3) is 12.2 Å². The van der Waals surface area contributed by atoms with E-state index in [-0.39, 0.29) is 17.0 Å². The van der Waals surface area contributed by atoms with Crippen LogP contribution in [-0.4, -0.2) is 39.6 Å². The average molecular weight is 455 g/mol. The first-order valence-electron chi connectivity index (χ1n) is 10.5. The highest BCUT2D eigenvalue weighted by molar-refractivity contribution is 6.22. The number of rotatable bonds is 6. The number of nitrogens with one attached hydrogen (secondary N) is 1. The summed E-state index contributed by atoms with van der Waals surface area (Å²) in [5.74, 6) is -1.17. The lowest BCUT2D eigenvalue weighted by atomic mass is 10.1. The molecular weight excluding hydrogens is 434 g/mol. The van der Waals surface area contributed by atoms with Crippen LogP contribution < -0.4 is 10.1 Å². The van der Waals surface area contributed by atoms with Gasteiger partial charge < -0.3 is 10.1 Å². The molecule has 34 heavy (non-hydrogen) atoms. The Bertz CT molecular complexity index is 1280. The van der Waals surface area contributed by atoms with Crippen molar-refractivity contribution in [2.24, 2.45) is 0 Å². The molecule has 1 aromatic heterocycles. The van der Waals surface area contributed by atoms with Gasteiger partial charge in [0, 0.05) is 13.1 Å². The zero-order valence-electron chi connectivity index (χ0n) is 18.5. The molecule has 0 bridgehead atoms. The Morgan fingerprint density at radius 3 is 2.18 bits per heavy atom. The first-order valence-corrected chi connectivity index (χ1v) is 10.5. The van der Waals surface area contributed by atoms with Crippen LogP contribution in [-0.2, 0) is 9.59 Å². The van der Waals surface area contributed by atoms with Crippen LogP contribution in [0.2, 0.25) is 0 Å². The predicted molar refractivity (Wildman–Crippen MR) is 126 cm³/mol. The van der Waals surface area contributed by atoms with Gasteiger partial charge in [-0.25, -0.2) is 9.78 Å². The fourth-order valence-corrected chi connectivity index (χ4v) is 3.51. The minimum Gasteiger partial charge on any atom is -0.425 e. The summed E-state index contributed by atoms with van der Waals surface area (Å²) in [6.07, 6.45) is 5.32. The molecule has 0 spiro atoms. The molecule has 2 heterocycles. The number of fused-ring (bicyclic) bond motifs is 1. The van der Waals surface area contributed by atoms with Gasteiger partial charge in [-0.2, -0.15) is 0 Å². The number of benzene rings is 2. The monoisotopic (exact) mass is 455 g/mol. The molecule has 8 heteroatoms. The van der Waals surface area contributed by atoms with Gasteiger partial charge in [0.05, 0.1) is 11.1 Å². The van der Waals surface area contributed by atoms with Crippen LogP contribution >= 0.6 is 0 Å². The third-order valence-corrected chi connectivity index (χ3v) is 5.21. The molecule has 0 saturated heterocycles. The van der Waals surface area contributed by atoms with Crippen LogP contribution in [0.5, 0.6) is 5.75 Å². The fourth-order valence-electron chi connectivity index (χ4n) is 3.51. The third-order valence-electron chi connectivity index (χ3n) is 5.21. The smallest absolute Gasteiger partial charge is 0.334 e. The maximum atomic E-state index is 12.6. The first kappa shape index (κ1) is 22.6. The number of anilines is 1. The van der Waals surface area contributed by atoms with Crippen LogP contribution in [0, 0.1) is 0 Å². The Balaban J connectivity index is 1.40. The molecular formula is C26H21N3O5. The van der Waals surface area contributed by atoms with Crippen molar-refractivity contribution in [3.63, 3.8) is 0 Å². The summed E-state index contributed by atoms with van der Waals surface area (Å²) in [5, 5.41) is 2.63. The number of nitrogens with zero attached hydrogens (tertiary/aromatic N) is 2. The molecule has 0 saturated carbocycles. The van der Waals surface area contributed by atoms with Gasteiger partial charge in [0.2, 0.25) is 5.91 Å². The molecule has 1 aliphatic heterocycles. The van der Waals surface area contributed by atoms with Gasteiger partial charge >= 0.3 is 5.97 Å². The van der Waals surface area contributed by atoms with E-state index in [1.165, 1.54) is 13.8 Å². The highest BCUT2D eigenvalue weighted by atomic mass is 16.5. The summed E-state index contributed by atoms with van der Waals surface area (Å²) in [5.41, 5.74) is 2.26. The molecule has 8 nitrogen and oxygen atoms in total. The first-order chi connectivity index (χ1) is 16.3. The summed E-state index contributed by atoms with van der Waals surface area (Å²) in [6, 6.07) is 15.7. The number of amides is 3. The summed E-state index contributed by atoms with van der Waals surface area (Å²) < 4.78 is 5.40. The lowest BCUT2D eigenvalue weighted by Gasteiger charge is -2.20. The van der Waals surface area contributed by atoms with Crippen molar-refractivity contribution in [1.82, 2.24) is 9.88 Å². The lowest BCUT2D eigenvalue weighted by molar-refractivity contribution is -0.138. The van der Waals surface area contributed by atoms with E-state index in [1.807, 2.05) is 12.2 Å². The molecule has 0 aliphatic carbocycles. The predicted octanol–water partition coefficient (Wildman–Crippen LogP) is 3.80. The van der Waals surface area contributed by atoms with Gasteiger partial charge in [-0.15, -0.1) is 0 Å². The van der Waals surface area contributed by atoms with Gasteiger partial charge in [0.25, 0.3) is 11.8 Å². The summed E-state index contributed by atoms with van der Waals surface area (Å²) in [4.78, 5) is 54.0. The van der Waals surface area contributed by atoms with Crippen molar-refractivity contribution in [3.8, 4) is 5.75 Å². The normalized spacial score (nSPS) is 13.6. The van der Waals surface area contributed by atoms with Gasteiger partial charge in [0.1, 0.15) is 17.6 Å². The second-order valence-corrected chi connectivity index (χ2v) is 7.68. The largest absolute Gasteiger partial charge is 0.425 e. The van der Waals surface area contributed by atoms with E-state index >= 15 is 0 Å². The maximum Gasteiger partial charge on any atom is 0.334 e. The van der Waals surface area contributed by atoms with Gasteiger partial charge in [-0.3, -0.25) is 19.3 Å². The second kappa shape index (κ2) is 9.50. The minimum absolute atomic E-state index is 0.198. The van der Waals surface area contributed by atoms with Crippen molar-refractivity contribution in [2.45, 2.75) is 19.9 Å². The number of aromatic nitrogens is 1. The maximum absolute atomic E-state index is 12.6.